The first kappa shape index (κ1) is 12.0. The van der Waals surface area contributed by atoms with Crippen LogP contribution in [0.15, 0.2) is 36.8 Å². The van der Waals surface area contributed by atoms with Gasteiger partial charge < -0.3 is 5.32 Å². The second-order valence-electron chi connectivity index (χ2n) is 3.93. The molecule has 1 atom stereocenters. The summed E-state index contributed by atoms with van der Waals surface area (Å²) in [5.74, 6) is 0.611. The highest BCUT2D eigenvalue weighted by Gasteiger charge is 2.07. The number of hydrogen-bond acceptors (Lipinski definition) is 5. The summed E-state index contributed by atoms with van der Waals surface area (Å²) in [4.78, 5) is 14.0. The lowest BCUT2D eigenvalue weighted by molar-refractivity contribution is -0.385. The van der Waals surface area contributed by atoms with Gasteiger partial charge in [0.1, 0.15) is 12.0 Å². The van der Waals surface area contributed by atoms with E-state index in [9.17, 15) is 10.1 Å². The minimum Gasteiger partial charge on any atom is -0.366 e. The summed E-state index contributed by atoms with van der Waals surface area (Å²) in [6.07, 6.45) is 4.83. The molecule has 0 spiro atoms. The molecule has 2 aromatic heterocycles. The molecular weight excluding hydrogens is 234 g/mol. The van der Waals surface area contributed by atoms with E-state index in [1.165, 1.54) is 12.3 Å². The Labute approximate surface area is 104 Å². The van der Waals surface area contributed by atoms with Gasteiger partial charge in [0.15, 0.2) is 0 Å². The zero-order chi connectivity index (χ0) is 13.0. The van der Waals surface area contributed by atoms with Crippen LogP contribution in [0.4, 0.5) is 11.5 Å². The molecule has 0 unspecified atom stereocenters. The lowest BCUT2D eigenvalue weighted by Crippen LogP contribution is -2.22. The van der Waals surface area contributed by atoms with E-state index < -0.39 is 4.92 Å². The number of nitrogens with one attached hydrogen (secondary N) is 1. The molecule has 94 valence electrons. The molecule has 0 fully saturated rings. The van der Waals surface area contributed by atoms with Crippen LogP contribution < -0.4 is 5.32 Å². The standard InChI is InChI=1S/C11H13N5O2/c1-9(8-15-6-2-5-13-15)14-11-4-3-10(7-12-11)16(17)18/h2-7,9H,8H2,1H3,(H,12,14)/t9-/m0/s1. The number of nitro groups is 1. The minimum atomic E-state index is -0.468. The Morgan fingerprint density at radius 3 is 2.94 bits per heavy atom. The SMILES string of the molecule is C[C@@H](Cn1cccn1)Nc1ccc([N+](=O)[O-])cn1. The zero-order valence-corrected chi connectivity index (χ0v) is 9.85. The number of pyridine rings is 1. The molecule has 0 aliphatic carbocycles. The predicted molar refractivity (Wildman–Crippen MR) is 66.2 cm³/mol. The Morgan fingerprint density at radius 2 is 2.39 bits per heavy atom. The van der Waals surface area contributed by atoms with Crippen LogP contribution in [0.3, 0.4) is 0 Å². The van der Waals surface area contributed by atoms with Crippen LogP contribution in [0.1, 0.15) is 6.92 Å². The second-order valence-corrected chi connectivity index (χ2v) is 3.93. The maximum atomic E-state index is 10.5. The second kappa shape index (κ2) is 5.26. The van der Waals surface area contributed by atoms with E-state index in [0.29, 0.717) is 12.4 Å². The summed E-state index contributed by atoms with van der Waals surface area (Å²) in [5, 5.41) is 17.7. The molecule has 0 aromatic carbocycles. The first-order valence-corrected chi connectivity index (χ1v) is 5.49. The molecule has 2 heterocycles. The van der Waals surface area contributed by atoms with Crippen LogP contribution in [-0.2, 0) is 6.54 Å². The third-order valence-corrected chi connectivity index (χ3v) is 2.37. The molecule has 1 N–H and O–H groups in total. The van der Waals surface area contributed by atoms with Gasteiger partial charge in [0, 0.05) is 24.5 Å². The van der Waals surface area contributed by atoms with Crippen LogP contribution in [0.2, 0.25) is 0 Å². The van der Waals surface area contributed by atoms with E-state index in [-0.39, 0.29) is 11.7 Å². The van der Waals surface area contributed by atoms with E-state index in [2.05, 4.69) is 15.4 Å². The summed E-state index contributed by atoms with van der Waals surface area (Å²) in [5.41, 5.74) is -0.0136. The van der Waals surface area contributed by atoms with E-state index in [4.69, 9.17) is 0 Å². The van der Waals surface area contributed by atoms with Crippen molar-refractivity contribution >= 4 is 11.5 Å². The molecule has 0 bridgehead atoms. The van der Waals surface area contributed by atoms with Gasteiger partial charge in [-0.1, -0.05) is 0 Å². The third-order valence-electron chi connectivity index (χ3n) is 2.37. The molecule has 0 amide bonds. The van der Waals surface area contributed by atoms with Crippen molar-refractivity contribution in [2.24, 2.45) is 0 Å². The van der Waals surface area contributed by atoms with Crippen LogP contribution in [0.5, 0.6) is 0 Å². The molecule has 0 radical (unpaired) electrons. The quantitative estimate of drug-likeness (QED) is 0.641. The summed E-state index contributed by atoms with van der Waals surface area (Å²) in [6.45, 7) is 2.69. The fraction of sp³-hybridized carbons (Fsp3) is 0.273. The van der Waals surface area contributed by atoms with Crippen molar-refractivity contribution < 1.29 is 4.92 Å². The molecule has 0 aliphatic heterocycles. The van der Waals surface area contributed by atoms with Crippen molar-refractivity contribution in [2.45, 2.75) is 19.5 Å². The van der Waals surface area contributed by atoms with Crippen LogP contribution in [-0.4, -0.2) is 25.7 Å². The lowest BCUT2D eigenvalue weighted by atomic mass is 10.3. The smallest absolute Gasteiger partial charge is 0.287 e. The van der Waals surface area contributed by atoms with Gasteiger partial charge in [0.25, 0.3) is 5.69 Å². The highest BCUT2D eigenvalue weighted by molar-refractivity contribution is 5.40. The largest absolute Gasteiger partial charge is 0.366 e. The monoisotopic (exact) mass is 247 g/mol. The fourth-order valence-electron chi connectivity index (χ4n) is 1.57. The number of rotatable bonds is 5. The Hall–Kier alpha value is -2.44. The van der Waals surface area contributed by atoms with Gasteiger partial charge in [-0.3, -0.25) is 14.8 Å². The van der Waals surface area contributed by atoms with Crippen molar-refractivity contribution in [1.82, 2.24) is 14.8 Å². The zero-order valence-electron chi connectivity index (χ0n) is 9.85. The number of nitrogens with zero attached hydrogens (tertiary/aromatic N) is 4. The molecule has 7 heteroatoms. The summed E-state index contributed by atoms with van der Waals surface area (Å²) in [7, 11) is 0. The fourth-order valence-corrected chi connectivity index (χ4v) is 1.57. The maximum absolute atomic E-state index is 10.5. The molecule has 2 aromatic rings. The van der Waals surface area contributed by atoms with Crippen molar-refractivity contribution in [1.29, 1.82) is 0 Å². The highest BCUT2D eigenvalue weighted by atomic mass is 16.6. The maximum Gasteiger partial charge on any atom is 0.287 e. The normalized spacial score (nSPS) is 12.1. The first-order chi connectivity index (χ1) is 8.65. The van der Waals surface area contributed by atoms with Crippen LogP contribution >= 0.6 is 0 Å². The van der Waals surface area contributed by atoms with Crippen molar-refractivity contribution in [2.75, 3.05) is 5.32 Å². The highest BCUT2D eigenvalue weighted by Crippen LogP contribution is 2.12. The summed E-state index contributed by atoms with van der Waals surface area (Å²) >= 11 is 0. The average Bonchev–Trinajstić information content (AvgIpc) is 2.82. The van der Waals surface area contributed by atoms with Crippen molar-refractivity contribution in [3.8, 4) is 0 Å². The molecule has 0 saturated heterocycles. The van der Waals surface area contributed by atoms with E-state index in [1.807, 2.05) is 23.9 Å². The molecule has 0 saturated carbocycles. The van der Waals surface area contributed by atoms with E-state index in [0.717, 1.165) is 0 Å². The third kappa shape index (κ3) is 3.03. The summed E-state index contributed by atoms with van der Waals surface area (Å²) in [6, 6.07) is 5.00. The first-order valence-electron chi connectivity index (χ1n) is 5.49. The molecule has 7 nitrogen and oxygen atoms in total. The predicted octanol–water partition coefficient (Wildman–Crippen LogP) is 1.69. The topological polar surface area (TPSA) is 85.9 Å². The van der Waals surface area contributed by atoms with Gasteiger partial charge in [0.2, 0.25) is 0 Å². The number of hydrogen-bond donors (Lipinski definition) is 1. The Balaban J connectivity index is 1.94. The van der Waals surface area contributed by atoms with Gasteiger partial charge in [-0.05, 0) is 19.1 Å². The van der Waals surface area contributed by atoms with Gasteiger partial charge in [-0.15, -0.1) is 0 Å². The lowest BCUT2D eigenvalue weighted by Gasteiger charge is -2.14. The average molecular weight is 247 g/mol. The van der Waals surface area contributed by atoms with E-state index >= 15 is 0 Å². The van der Waals surface area contributed by atoms with Gasteiger partial charge in [0.05, 0.1) is 11.5 Å². The molecular formula is C11H13N5O2. The van der Waals surface area contributed by atoms with Crippen molar-refractivity contribution in [3.05, 3.63) is 46.9 Å². The molecule has 0 aliphatic rings. The Morgan fingerprint density at radius 1 is 1.56 bits per heavy atom. The minimum absolute atomic E-state index is 0.0136. The van der Waals surface area contributed by atoms with Gasteiger partial charge in [-0.25, -0.2) is 4.98 Å². The van der Waals surface area contributed by atoms with Crippen molar-refractivity contribution in [3.63, 3.8) is 0 Å². The van der Waals surface area contributed by atoms with Crippen LogP contribution in [0.25, 0.3) is 0 Å². The number of aromatic nitrogens is 3. The summed E-state index contributed by atoms with van der Waals surface area (Å²) < 4.78 is 1.81. The number of anilines is 1. The van der Waals surface area contributed by atoms with Crippen LogP contribution in [0, 0.1) is 10.1 Å². The molecule has 18 heavy (non-hydrogen) atoms. The van der Waals surface area contributed by atoms with Gasteiger partial charge >= 0.3 is 0 Å². The van der Waals surface area contributed by atoms with E-state index in [1.54, 1.807) is 12.3 Å². The Kier molecular flexibility index (Phi) is 3.52. The Bertz CT molecular complexity index is 509. The van der Waals surface area contributed by atoms with Gasteiger partial charge in [-0.2, -0.15) is 5.10 Å². The molecule has 2 rings (SSSR count).